The molecule has 0 bridgehead atoms. The van der Waals surface area contributed by atoms with Gasteiger partial charge in [0.15, 0.2) is 0 Å². The summed E-state index contributed by atoms with van der Waals surface area (Å²) < 4.78 is 0. The van der Waals surface area contributed by atoms with Gasteiger partial charge in [-0.2, -0.15) is 5.10 Å². The van der Waals surface area contributed by atoms with Crippen LogP contribution in [0, 0.1) is 6.92 Å². The van der Waals surface area contributed by atoms with Crippen LogP contribution in [0.25, 0.3) is 11.1 Å². The second-order valence-corrected chi connectivity index (χ2v) is 3.48. The fraction of sp³-hybridized carbons (Fsp3) is 0.100. The number of nitrogen functional groups attached to an aromatic ring is 1. The smallest absolute Gasteiger partial charge is 0.127 e. The number of anilines is 1. The van der Waals surface area contributed by atoms with Gasteiger partial charge in [-0.05, 0) is 13.0 Å². The molecule has 0 fully saturated rings. The summed E-state index contributed by atoms with van der Waals surface area (Å²) >= 11 is 6.06. The molecule has 0 radical (unpaired) electrons. The number of rotatable bonds is 1. The van der Waals surface area contributed by atoms with Gasteiger partial charge in [0.2, 0.25) is 0 Å². The second kappa shape index (κ2) is 3.35. The maximum Gasteiger partial charge on any atom is 0.127 e. The molecule has 2 rings (SSSR count). The molecular formula is C10H10ClN3. The molecule has 14 heavy (non-hydrogen) atoms. The molecule has 3 nitrogen and oxygen atoms in total. The lowest BCUT2D eigenvalue weighted by Gasteiger charge is -2.03. The van der Waals surface area contributed by atoms with Crippen molar-refractivity contribution >= 4 is 17.4 Å². The molecule has 3 N–H and O–H groups in total. The Kier molecular flexibility index (Phi) is 2.17. The minimum absolute atomic E-state index is 0.551. The first-order chi connectivity index (χ1) is 6.70. The molecule has 0 unspecified atom stereocenters. The van der Waals surface area contributed by atoms with Gasteiger partial charge >= 0.3 is 0 Å². The largest absolute Gasteiger partial charge is 0.384 e. The van der Waals surface area contributed by atoms with E-state index in [1.54, 1.807) is 0 Å². The summed E-state index contributed by atoms with van der Waals surface area (Å²) in [6, 6.07) is 7.57. The lowest BCUT2D eigenvalue weighted by atomic mass is 10.1. The zero-order chi connectivity index (χ0) is 10.1. The van der Waals surface area contributed by atoms with Crippen LogP contribution in [0.5, 0.6) is 0 Å². The lowest BCUT2D eigenvalue weighted by molar-refractivity contribution is 1.05. The predicted octanol–water partition coefficient (Wildman–Crippen LogP) is 2.62. The molecule has 1 heterocycles. The predicted molar refractivity (Wildman–Crippen MR) is 58.2 cm³/mol. The fourth-order valence-corrected chi connectivity index (χ4v) is 1.68. The molecule has 1 aromatic heterocycles. The number of aromatic amines is 1. The number of halogens is 1. The van der Waals surface area contributed by atoms with Crippen LogP contribution >= 0.6 is 11.6 Å². The van der Waals surface area contributed by atoms with Crippen LogP contribution in [-0.4, -0.2) is 10.2 Å². The first kappa shape index (κ1) is 9.09. The van der Waals surface area contributed by atoms with E-state index in [2.05, 4.69) is 10.2 Å². The molecule has 72 valence electrons. The van der Waals surface area contributed by atoms with Crippen molar-refractivity contribution in [1.82, 2.24) is 10.2 Å². The van der Waals surface area contributed by atoms with Crippen molar-refractivity contribution in [3.63, 3.8) is 0 Å². The van der Waals surface area contributed by atoms with Crippen LogP contribution in [0.4, 0.5) is 5.82 Å². The van der Waals surface area contributed by atoms with Gasteiger partial charge in [-0.1, -0.05) is 29.8 Å². The number of H-pyrrole nitrogens is 1. The van der Waals surface area contributed by atoms with E-state index in [1.165, 1.54) is 0 Å². The Morgan fingerprint density at radius 3 is 2.64 bits per heavy atom. The molecule has 0 aliphatic carbocycles. The van der Waals surface area contributed by atoms with Crippen LogP contribution in [0.3, 0.4) is 0 Å². The van der Waals surface area contributed by atoms with E-state index < -0.39 is 0 Å². The van der Waals surface area contributed by atoms with Crippen LogP contribution in [0.1, 0.15) is 5.69 Å². The van der Waals surface area contributed by atoms with Crippen molar-refractivity contribution in [2.75, 3.05) is 5.73 Å². The minimum Gasteiger partial charge on any atom is -0.384 e. The molecule has 0 saturated heterocycles. The van der Waals surface area contributed by atoms with Crippen LogP contribution in [0.15, 0.2) is 24.3 Å². The Hall–Kier alpha value is -1.48. The van der Waals surface area contributed by atoms with Crippen LogP contribution in [0.2, 0.25) is 5.02 Å². The maximum atomic E-state index is 6.06. The number of aromatic nitrogens is 2. The summed E-state index contributed by atoms with van der Waals surface area (Å²) in [6.07, 6.45) is 0. The lowest BCUT2D eigenvalue weighted by Crippen LogP contribution is -1.88. The van der Waals surface area contributed by atoms with Crippen LogP contribution < -0.4 is 5.73 Å². The highest BCUT2D eigenvalue weighted by Crippen LogP contribution is 2.32. The second-order valence-electron chi connectivity index (χ2n) is 3.08. The third-order valence-electron chi connectivity index (χ3n) is 2.12. The van der Waals surface area contributed by atoms with Gasteiger partial charge in [0, 0.05) is 16.1 Å². The van der Waals surface area contributed by atoms with Crippen molar-refractivity contribution in [1.29, 1.82) is 0 Å². The van der Waals surface area contributed by atoms with E-state index >= 15 is 0 Å². The van der Waals surface area contributed by atoms with Crippen LogP contribution in [-0.2, 0) is 0 Å². The minimum atomic E-state index is 0.551. The number of hydrogen-bond donors (Lipinski definition) is 2. The zero-order valence-corrected chi connectivity index (χ0v) is 8.47. The van der Waals surface area contributed by atoms with Gasteiger partial charge in [0.05, 0.1) is 5.69 Å². The summed E-state index contributed by atoms with van der Waals surface area (Å²) in [5.41, 5.74) is 8.42. The Balaban J connectivity index is 2.66. The Labute approximate surface area is 86.9 Å². The Bertz CT molecular complexity index is 443. The normalized spacial score (nSPS) is 10.4. The van der Waals surface area contributed by atoms with Gasteiger partial charge in [-0.25, -0.2) is 0 Å². The molecule has 0 atom stereocenters. The summed E-state index contributed by atoms with van der Waals surface area (Å²) in [5.74, 6) is 0.551. The van der Waals surface area contributed by atoms with E-state index in [-0.39, 0.29) is 0 Å². The molecule has 1 aromatic carbocycles. The Morgan fingerprint density at radius 2 is 2.07 bits per heavy atom. The van der Waals surface area contributed by atoms with Crippen molar-refractivity contribution in [3.05, 3.63) is 35.0 Å². The van der Waals surface area contributed by atoms with Crippen molar-refractivity contribution in [2.24, 2.45) is 0 Å². The number of aryl methyl sites for hydroxylation is 1. The molecular weight excluding hydrogens is 198 g/mol. The Morgan fingerprint density at radius 1 is 1.36 bits per heavy atom. The van der Waals surface area contributed by atoms with E-state index in [0.29, 0.717) is 10.8 Å². The van der Waals surface area contributed by atoms with Crippen molar-refractivity contribution in [2.45, 2.75) is 6.92 Å². The molecule has 0 aliphatic heterocycles. The number of hydrogen-bond acceptors (Lipinski definition) is 2. The third kappa shape index (κ3) is 1.36. The number of nitrogens with zero attached hydrogens (tertiary/aromatic N) is 1. The van der Waals surface area contributed by atoms with Crippen molar-refractivity contribution in [3.8, 4) is 11.1 Å². The summed E-state index contributed by atoms with van der Waals surface area (Å²) in [6.45, 7) is 1.89. The summed E-state index contributed by atoms with van der Waals surface area (Å²) in [5, 5.41) is 7.44. The molecule has 4 heteroatoms. The van der Waals surface area contributed by atoms with E-state index in [9.17, 15) is 0 Å². The van der Waals surface area contributed by atoms with Gasteiger partial charge < -0.3 is 5.73 Å². The first-order valence-electron chi connectivity index (χ1n) is 4.25. The van der Waals surface area contributed by atoms with Crippen molar-refractivity contribution < 1.29 is 0 Å². The number of nitrogens with two attached hydrogens (primary N) is 1. The number of nitrogens with one attached hydrogen (secondary N) is 1. The highest BCUT2D eigenvalue weighted by Gasteiger charge is 2.11. The molecule has 2 aromatic rings. The average molecular weight is 208 g/mol. The van der Waals surface area contributed by atoms with Gasteiger partial charge in [0.1, 0.15) is 5.82 Å². The molecule has 0 aliphatic rings. The topological polar surface area (TPSA) is 54.7 Å². The fourth-order valence-electron chi connectivity index (χ4n) is 1.45. The average Bonchev–Trinajstić information content (AvgIpc) is 2.48. The maximum absolute atomic E-state index is 6.06. The highest BCUT2D eigenvalue weighted by molar-refractivity contribution is 6.33. The summed E-state index contributed by atoms with van der Waals surface area (Å²) in [7, 11) is 0. The third-order valence-corrected chi connectivity index (χ3v) is 2.45. The van der Waals surface area contributed by atoms with E-state index in [4.69, 9.17) is 17.3 Å². The standard InChI is InChI=1S/C10H10ClN3/c1-6-9(10(12)14-13-6)7-4-2-3-5-8(7)11/h2-5H,1H3,(H3,12,13,14). The van der Waals surface area contributed by atoms with E-state index in [0.717, 1.165) is 16.8 Å². The molecule has 0 saturated carbocycles. The quantitative estimate of drug-likeness (QED) is 0.755. The number of benzene rings is 1. The zero-order valence-electron chi connectivity index (χ0n) is 7.71. The highest BCUT2D eigenvalue weighted by atomic mass is 35.5. The molecule has 0 spiro atoms. The van der Waals surface area contributed by atoms with Gasteiger partial charge in [-0.3, -0.25) is 5.10 Å². The summed E-state index contributed by atoms with van der Waals surface area (Å²) in [4.78, 5) is 0. The van der Waals surface area contributed by atoms with E-state index in [1.807, 2.05) is 31.2 Å². The first-order valence-corrected chi connectivity index (χ1v) is 4.63. The van der Waals surface area contributed by atoms with Gasteiger partial charge in [-0.15, -0.1) is 0 Å². The monoisotopic (exact) mass is 207 g/mol. The SMILES string of the molecule is Cc1n[nH]c(N)c1-c1ccccc1Cl. The molecule has 0 amide bonds. The van der Waals surface area contributed by atoms with Gasteiger partial charge in [0.25, 0.3) is 0 Å².